The number of rotatable bonds is 4. The van der Waals surface area contributed by atoms with E-state index < -0.39 is 6.04 Å². The summed E-state index contributed by atoms with van der Waals surface area (Å²) in [4.78, 5) is 40.6. The molecule has 0 bridgehead atoms. The highest BCUT2D eigenvalue weighted by Crippen LogP contribution is 2.34. The van der Waals surface area contributed by atoms with Crippen LogP contribution in [0.15, 0.2) is 27.1 Å². The van der Waals surface area contributed by atoms with E-state index in [-0.39, 0.29) is 30.1 Å². The number of benzene rings is 1. The zero-order valence-electron chi connectivity index (χ0n) is 14.4. The summed E-state index contributed by atoms with van der Waals surface area (Å²) in [5.74, 6) is -0.681. The molecular formula is C18H20Br2N2O4. The molecule has 3 rings (SSSR count). The summed E-state index contributed by atoms with van der Waals surface area (Å²) in [6.07, 6.45) is 1.48. The van der Waals surface area contributed by atoms with Crippen LogP contribution in [0.1, 0.15) is 26.2 Å². The van der Waals surface area contributed by atoms with E-state index in [1.54, 1.807) is 19.1 Å². The molecule has 2 heterocycles. The zero-order valence-corrected chi connectivity index (χ0v) is 17.6. The minimum Gasteiger partial charge on any atom is -0.466 e. The summed E-state index contributed by atoms with van der Waals surface area (Å²) in [6, 6.07) is 4.91. The first kappa shape index (κ1) is 19.5. The predicted octanol–water partition coefficient (Wildman–Crippen LogP) is 3.12. The number of hydrogen-bond donors (Lipinski definition) is 0. The Labute approximate surface area is 169 Å². The molecular weight excluding hydrogens is 468 g/mol. The minimum absolute atomic E-state index is 0.116. The molecule has 2 saturated heterocycles. The number of hydrogen-bond acceptors (Lipinski definition) is 5. The first-order chi connectivity index (χ1) is 12.4. The molecule has 1 aromatic rings. The van der Waals surface area contributed by atoms with Gasteiger partial charge in [0.25, 0.3) is 5.91 Å². The number of imide groups is 1. The van der Waals surface area contributed by atoms with Gasteiger partial charge in [0.15, 0.2) is 0 Å². The van der Waals surface area contributed by atoms with Crippen LogP contribution in [-0.2, 0) is 19.1 Å². The SMILES string of the molecule is CCOC(=O)C1CCN(C2CC(=O)N(c3ccc(Br)cc3Br)C2=O)CC1. The van der Waals surface area contributed by atoms with Crippen molar-refractivity contribution in [1.82, 2.24) is 4.90 Å². The van der Waals surface area contributed by atoms with Gasteiger partial charge in [0.05, 0.1) is 30.7 Å². The van der Waals surface area contributed by atoms with Crippen LogP contribution >= 0.6 is 31.9 Å². The molecule has 0 aliphatic carbocycles. The number of ether oxygens (including phenoxy) is 1. The fraction of sp³-hybridized carbons (Fsp3) is 0.500. The second-order valence-corrected chi connectivity index (χ2v) is 8.22. The quantitative estimate of drug-likeness (QED) is 0.482. The Bertz CT molecular complexity index is 732. The molecule has 1 unspecified atom stereocenters. The van der Waals surface area contributed by atoms with Crippen LogP contribution in [0.5, 0.6) is 0 Å². The minimum atomic E-state index is -0.457. The molecule has 0 radical (unpaired) electrons. The first-order valence-corrected chi connectivity index (χ1v) is 10.2. The van der Waals surface area contributed by atoms with E-state index in [4.69, 9.17) is 4.74 Å². The van der Waals surface area contributed by atoms with Gasteiger partial charge in [-0.15, -0.1) is 0 Å². The highest BCUT2D eigenvalue weighted by atomic mass is 79.9. The lowest BCUT2D eigenvalue weighted by Gasteiger charge is -2.33. The average Bonchev–Trinajstić information content (AvgIpc) is 2.90. The smallest absolute Gasteiger partial charge is 0.309 e. The molecule has 0 spiro atoms. The summed E-state index contributed by atoms with van der Waals surface area (Å²) in [5.41, 5.74) is 0.562. The number of carbonyl (C=O) groups is 3. The lowest BCUT2D eigenvalue weighted by molar-refractivity contribution is -0.149. The van der Waals surface area contributed by atoms with Gasteiger partial charge in [-0.05, 0) is 67.0 Å². The second kappa shape index (κ2) is 8.19. The maximum Gasteiger partial charge on any atom is 0.309 e. The van der Waals surface area contributed by atoms with Gasteiger partial charge in [0, 0.05) is 8.95 Å². The van der Waals surface area contributed by atoms with Crippen molar-refractivity contribution in [2.75, 3.05) is 24.6 Å². The van der Waals surface area contributed by atoms with Crippen molar-refractivity contribution in [2.24, 2.45) is 5.92 Å². The van der Waals surface area contributed by atoms with Crippen molar-refractivity contribution in [3.05, 3.63) is 27.1 Å². The van der Waals surface area contributed by atoms with Crippen molar-refractivity contribution in [1.29, 1.82) is 0 Å². The van der Waals surface area contributed by atoms with Gasteiger partial charge in [0.1, 0.15) is 0 Å². The fourth-order valence-electron chi connectivity index (χ4n) is 3.52. The van der Waals surface area contributed by atoms with Crippen LogP contribution in [0, 0.1) is 5.92 Å². The summed E-state index contributed by atoms with van der Waals surface area (Å²) < 4.78 is 6.64. The van der Waals surface area contributed by atoms with Gasteiger partial charge in [0.2, 0.25) is 5.91 Å². The van der Waals surface area contributed by atoms with Crippen LogP contribution in [0.4, 0.5) is 5.69 Å². The molecule has 2 amide bonds. The molecule has 6 nitrogen and oxygen atoms in total. The van der Waals surface area contributed by atoms with E-state index in [0.29, 0.717) is 42.7 Å². The summed E-state index contributed by atoms with van der Waals surface area (Å²) in [5, 5.41) is 0. The number of piperidine rings is 1. The van der Waals surface area contributed by atoms with Crippen LogP contribution in [0.2, 0.25) is 0 Å². The highest BCUT2D eigenvalue weighted by Gasteiger charge is 2.44. The van der Waals surface area contributed by atoms with Crippen molar-refractivity contribution < 1.29 is 19.1 Å². The maximum atomic E-state index is 12.9. The zero-order chi connectivity index (χ0) is 18.8. The third kappa shape index (κ3) is 3.87. The molecule has 2 aliphatic rings. The lowest BCUT2D eigenvalue weighted by Crippen LogP contribution is -2.47. The molecule has 2 aliphatic heterocycles. The number of esters is 1. The van der Waals surface area contributed by atoms with Crippen molar-refractivity contribution in [3.63, 3.8) is 0 Å². The number of anilines is 1. The summed E-state index contributed by atoms with van der Waals surface area (Å²) >= 11 is 6.80. The third-order valence-corrected chi connectivity index (χ3v) is 5.99. The molecule has 1 atom stereocenters. The molecule has 2 fully saturated rings. The number of halogens is 2. The van der Waals surface area contributed by atoms with E-state index >= 15 is 0 Å². The van der Waals surface area contributed by atoms with Crippen molar-refractivity contribution in [3.8, 4) is 0 Å². The van der Waals surface area contributed by atoms with Crippen LogP contribution in [-0.4, -0.2) is 48.4 Å². The first-order valence-electron chi connectivity index (χ1n) is 8.65. The normalized spacial score (nSPS) is 22.1. The van der Waals surface area contributed by atoms with E-state index in [2.05, 4.69) is 31.9 Å². The van der Waals surface area contributed by atoms with Gasteiger partial charge < -0.3 is 4.74 Å². The maximum absolute atomic E-state index is 12.9. The Morgan fingerprint density at radius 2 is 1.92 bits per heavy atom. The van der Waals surface area contributed by atoms with E-state index in [9.17, 15) is 14.4 Å². The number of carbonyl (C=O) groups excluding carboxylic acids is 3. The Kier molecular flexibility index (Phi) is 6.14. The topological polar surface area (TPSA) is 66.9 Å². The fourth-order valence-corrected chi connectivity index (χ4v) is 4.75. The Morgan fingerprint density at radius 3 is 2.54 bits per heavy atom. The van der Waals surface area contributed by atoms with E-state index in [1.165, 1.54) is 4.90 Å². The Balaban J connectivity index is 1.69. The van der Waals surface area contributed by atoms with Gasteiger partial charge in [-0.2, -0.15) is 0 Å². The monoisotopic (exact) mass is 486 g/mol. The number of amides is 2. The van der Waals surface area contributed by atoms with Crippen molar-refractivity contribution in [2.45, 2.75) is 32.2 Å². The number of nitrogens with zero attached hydrogens (tertiary/aromatic N) is 2. The number of likely N-dealkylation sites (tertiary alicyclic amines) is 1. The van der Waals surface area contributed by atoms with Gasteiger partial charge in [-0.1, -0.05) is 15.9 Å². The third-order valence-electron chi connectivity index (χ3n) is 4.86. The van der Waals surface area contributed by atoms with Crippen LogP contribution < -0.4 is 4.90 Å². The van der Waals surface area contributed by atoms with Gasteiger partial charge in [-0.3, -0.25) is 19.3 Å². The molecule has 140 valence electrons. The Morgan fingerprint density at radius 1 is 1.23 bits per heavy atom. The standard InChI is InChI=1S/C18H20Br2N2O4/c1-2-26-18(25)11-5-7-21(8-6-11)15-10-16(23)22(17(15)24)14-4-3-12(19)9-13(14)20/h3-4,9,11,15H,2,5-8,10H2,1H3. The van der Waals surface area contributed by atoms with E-state index in [1.807, 2.05) is 11.0 Å². The molecule has 0 aromatic heterocycles. The average molecular weight is 488 g/mol. The molecule has 1 aromatic carbocycles. The molecule has 8 heteroatoms. The molecule has 0 saturated carbocycles. The largest absolute Gasteiger partial charge is 0.466 e. The Hall–Kier alpha value is -1.25. The van der Waals surface area contributed by atoms with Crippen LogP contribution in [0.3, 0.4) is 0 Å². The van der Waals surface area contributed by atoms with Crippen LogP contribution in [0.25, 0.3) is 0 Å². The lowest BCUT2D eigenvalue weighted by atomic mass is 9.95. The summed E-state index contributed by atoms with van der Waals surface area (Å²) in [6.45, 7) is 3.40. The van der Waals surface area contributed by atoms with E-state index in [0.717, 1.165) is 4.47 Å². The highest BCUT2D eigenvalue weighted by molar-refractivity contribution is 9.11. The molecule has 0 N–H and O–H groups in total. The van der Waals surface area contributed by atoms with Gasteiger partial charge in [-0.25, -0.2) is 4.90 Å². The molecule has 26 heavy (non-hydrogen) atoms. The van der Waals surface area contributed by atoms with Gasteiger partial charge >= 0.3 is 5.97 Å². The predicted molar refractivity (Wildman–Crippen MR) is 104 cm³/mol. The summed E-state index contributed by atoms with van der Waals surface area (Å²) in [7, 11) is 0. The second-order valence-electron chi connectivity index (χ2n) is 6.45. The van der Waals surface area contributed by atoms with Crippen molar-refractivity contribution >= 4 is 55.3 Å².